The molecular formula is C15H12Cl2N2OS. The zero-order chi connectivity index (χ0) is 15.0. The second-order valence-corrected chi connectivity index (χ2v) is 6.04. The maximum atomic E-state index is 6.14. The van der Waals surface area contributed by atoms with E-state index in [2.05, 4.69) is 4.98 Å². The van der Waals surface area contributed by atoms with Crippen LogP contribution in [0.4, 0.5) is 0 Å². The average molecular weight is 339 g/mol. The maximum Gasteiger partial charge on any atom is 0.229 e. The zero-order valence-electron chi connectivity index (χ0n) is 11.0. The van der Waals surface area contributed by atoms with Crippen LogP contribution in [0.25, 0.3) is 0 Å². The standard InChI is InChI=1S/C15H12Cl2N2OS/c16-10-4-2-6-12(13(10)17)20-15-9(14(18)21)7-8-3-1-5-11(8)19-15/h2,4,6-7H,1,3,5H2,(H2,18,21). The summed E-state index contributed by atoms with van der Waals surface area (Å²) in [6, 6.07) is 7.15. The first-order valence-corrected chi connectivity index (χ1v) is 7.67. The van der Waals surface area contributed by atoms with Crippen LogP contribution in [0.1, 0.15) is 23.2 Å². The summed E-state index contributed by atoms with van der Waals surface area (Å²) in [6.45, 7) is 0. The molecule has 1 aromatic heterocycles. The van der Waals surface area contributed by atoms with E-state index in [0.717, 1.165) is 25.0 Å². The van der Waals surface area contributed by atoms with Crippen molar-refractivity contribution >= 4 is 40.4 Å². The number of ether oxygens (including phenoxy) is 1. The van der Waals surface area contributed by atoms with E-state index in [9.17, 15) is 0 Å². The van der Waals surface area contributed by atoms with Crippen molar-refractivity contribution in [2.75, 3.05) is 0 Å². The number of aromatic nitrogens is 1. The van der Waals surface area contributed by atoms with Gasteiger partial charge in [-0.25, -0.2) is 4.98 Å². The molecule has 2 N–H and O–H groups in total. The third kappa shape index (κ3) is 2.84. The van der Waals surface area contributed by atoms with Gasteiger partial charge in [0.2, 0.25) is 5.88 Å². The van der Waals surface area contributed by atoms with Crippen LogP contribution < -0.4 is 10.5 Å². The van der Waals surface area contributed by atoms with Gasteiger partial charge in [-0.15, -0.1) is 0 Å². The van der Waals surface area contributed by atoms with Crippen LogP contribution >= 0.6 is 35.4 Å². The van der Waals surface area contributed by atoms with Gasteiger partial charge >= 0.3 is 0 Å². The molecule has 21 heavy (non-hydrogen) atoms. The molecule has 0 unspecified atom stereocenters. The first-order valence-electron chi connectivity index (χ1n) is 6.50. The Morgan fingerprint density at radius 2 is 2.10 bits per heavy atom. The van der Waals surface area contributed by atoms with Gasteiger partial charge in [-0.1, -0.05) is 41.5 Å². The Morgan fingerprint density at radius 1 is 1.29 bits per heavy atom. The summed E-state index contributed by atoms with van der Waals surface area (Å²) in [5, 5.41) is 0.766. The normalized spacial score (nSPS) is 13.0. The van der Waals surface area contributed by atoms with Crippen LogP contribution in [0.5, 0.6) is 11.6 Å². The minimum atomic E-state index is 0.255. The summed E-state index contributed by atoms with van der Waals surface area (Å²) < 4.78 is 5.81. The van der Waals surface area contributed by atoms with Crippen molar-refractivity contribution in [3.8, 4) is 11.6 Å². The van der Waals surface area contributed by atoms with E-state index in [-0.39, 0.29) is 4.99 Å². The van der Waals surface area contributed by atoms with Crippen molar-refractivity contribution in [3.05, 3.63) is 51.1 Å². The molecule has 2 aromatic rings. The zero-order valence-corrected chi connectivity index (χ0v) is 13.4. The monoisotopic (exact) mass is 338 g/mol. The molecule has 0 bridgehead atoms. The van der Waals surface area contributed by atoms with Gasteiger partial charge in [0.05, 0.1) is 10.6 Å². The number of pyridine rings is 1. The lowest BCUT2D eigenvalue weighted by molar-refractivity contribution is 0.460. The van der Waals surface area contributed by atoms with Crippen molar-refractivity contribution in [2.24, 2.45) is 5.73 Å². The molecule has 1 aromatic carbocycles. The second kappa shape index (κ2) is 5.79. The van der Waals surface area contributed by atoms with Gasteiger partial charge in [0, 0.05) is 5.69 Å². The van der Waals surface area contributed by atoms with Crippen LogP contribution in [0.3, 0.4) is 0 Å². The minimum absolute atomic E-state index is 0.255. The van der Waals surface area contributed by atoms with Crippen LogP contribution in [0.2, 0.25) is 10.0 Å². The molecule has 3 rings (SSSR count). The highest BCUT2D eigenvalue weighted by Crippen LogP contribution is 2.36. The topological polar surface area (TPSA) is 48.1 Å². The molecule has 0 radical (unpaired) electrons. The first kappa shape index (κ1) is 14.6. The van der Waals surface area contributed by atoms with Gasteiger partial charge in [-0.2, -0.15) is 0 Å². The molecule has 0 spiro atoms. The smallest absolute Gasteiger partial charge is 0.229 e. The highest BCUT2D eigenvalue weighted by Gasteiger charge is 2.20. The number of nitrogens with zero attached hydrogens (tertiary/aromatic N) is 1. The van der Waals surface area contributed by atoms with Crippen LogP contribution in [0.15, 0.2) is 24.3 Å². The Morgan fingerprint density at radius 3 is 2.86 bits per heavy atom. The number of hydrogen-bond donors (Lipinski definition) is 1. The molecule has 108 valence electrons. The summed E-state index contributed by atoms with van der Waals surface area (Å²) in [5.74, 6) is 0.819. The fourth-order valence-electron chi connectivity index (χ4n) is 2.37. The first-order chi connectivity index (χ1) is 10.1. The molecule has 6 heteroatoms. The van der Waals surface area contributed by atoms with Crippen LogP contribution in [-0.2, 0) is 12.8 Å². The Balaban J connectivity index is 2.05. The SMILES string of the molecule is NC(=S)c1cc2c(nc1Oc1cccc(Cl)c1Cl)CCC2. The summed E-state index contributed by atoms with van der Waals surface area (Å²) in [6.07, 6.45) is 3.02. The number of benzene rings is 1. The van der Waals surface area contributed by atoms with Crippen LogP contribution in [0, 0.1) is 0 Å². The molecule has 0 saturated carbocycles. The number of aryl methyl sites for hydroxylation is 2. The van der Waals surface area contributed by atoms with E-state index in [1.807, 2.05) is 6.07 Å². The summed E-state index contributed by atoms with van der Waals surface area (Å²) in [7, 11) is 0. The Kier molecular flexibility index (Phi) is 4.02. The van der Waals surface area contributed by atoms with Gasteiger partial charge in [-0.3, -0.25) is 0 Å². The van der Waals surface area contributed by atoms with E-state index in [1.54, 1.807) is 18.2 Å². The predicted molar refractivity (Wildman–Crippen MR) is 88.7 cm³/mol. The molecule has 0 saturated heterocycles. The van der Waals surface area contributed by atoms with E-state index in [4.69, 9.17) is 45.9 Å². The fourth-order valence-corrected chi connectivity index (χ4v) is 2.85. The average Bonchev–Trinajstić information content (AvgIpc) is 2.90. The van der Waals surface area contributed by atoms with Crippen molar-refractivity contribution < 1.29 is 4.74 Å². The molecule has 3 nitrogen and oxygen atoms in total. The Bertz CT molecular complexity index is 734. The van der Waals surface area contributed by atoms with E-state index in [1.165, 1.54) is 5.56 Å². The molecule has 1 heterocycles. The molecular weight excluding hydrogens is 327 g/mol. The highest BCUT2D eigenvalue weighted by molar-refractivity contribution is 7.80. The summed E-state index contributed by atoms with van der Waals surface area (Å²) >= 11 is 17.2. The minimum Gasteiger partial charge on any atom is -0.437 e. The summed E-state index contributed by atoms with van der Waals surface area (Å²) in [4.78, 5) is 4.80. The number of halogens is 2. The molecule has 0 fully saturated rings. The van der Waals surface area contributed by atoms with Gasteiger partial charge in [0.15, 0.2) is 0 Å². The van der Waals surface area contributed by atoms with E-state index >= 15 is 0 Å². The van der Waals surface area contributed by atoms with Crippen LogP contribution in [-0.4, -0.2) is 9.97 Å². The largest absolute Gasteiger partial charge is 0.437 e. The van der Waals surface area contributed by atoms with Crippen molar-refractivity contribution in [2.45, 2.75) is 19.3 Å². The lowest BCUT2D eigenvalue weighted by Crippen LogP contribution is -2.13. The summed E-state index contributed by atoms with van der Waals surface area (Å²) in [5.41, 5.74) is 8.62. The van der Waals surface area contributed by atoms with Gasteiger partial charge in [0.1, 0.15) is 15.8 Å². The number of fused-ring (bicyclic) bond motifs is 1. The van der Waals surface area contributed by atoms with E-state index in [0.29, 0.717) is 27.2 Å². The predicted octanol–water partition coefficient (Wildman–Crippen LogP) is 4.30. The fraction of sp³-hybridized carbons (Fsp3) is 0.200. The molecule has 0 amide bonds. The number of nitrogens with two attached hydrogens (primary N) is 1. The number of thiocarbonyl (C=S) groups is 1. The number of hydrogen-bond acceptors (Lipinski definition) is 3. The lowest BCUT2D eigenvalue weighted by Gasteiger charge is -2.13. The Labute approximate surface area is 138 Å². The third-order valence-electron chi connectivity index (χ3n) is 3.40. The van der Waals surface area contributed by atoms with Gasteiger partial charge in [-0.05, 0) is 43.0 Å². The highest BCUT2D eigenvalue weighted by atomic mass is 35.5. The molecule has 1 aliphatic rings. The van der Waals surface area contributed by atoms with Crippen molar-refractivity contribution in [1.82, 2.24) is 4.98 Å². The maximum absolute atomic E-state index is 6.14. The molecule has 0 atom stereocenters. The quantitative estimate of drug-likeness (QED) is 0.847. The Hall–Kier alpha value is -1.36. The van der Waals surface area contributed by atoms with E-state index < -0.39 is 0 Å². The lowest BCUT2D eigenvalue weighted by atomic mass is 10.1. The molecule has 0 aliphatic heterocycles. The van der Waals surface area contributed by atoms with Gasteiger partial charge < -0.3 is 10.5 Å². The van der Waals surface area contributed by atoms with Crippen molar-refractivity contribution in [3.63, 3.8) is 0 Å². The molecule has 1 aliphatic carbocycles. The van der Waals surface area contributed by atoms with Crippen molar-refractivity contribution in [1.29, 1.82) is 0 Å². The second-order valence-electron chi connectivity index (χ2n) is 4.82. The van der Waals surface area contributed by atoms with Gasteiger partial charge in [0.25, 0.3) is 0 Å². The number of rotatable bonds is 3. The third-order valence-corrected chi connectivity index (χ3v) is 4.43.